The van der Waals surface area contributed by atoms with Crippen molar-refractivity contribution >= 4 is 23.4 Å². The van der Waals surface area contributed by atoms with Crippen LogP contribution in [0.2, 0.25) is 0 Å². The van der Waals surface area contributed by atoms with E-state index in [-0.39, 0.29) is 0 Å². The summed E-state index contributed by atoms with van der Waals surface area (Å²) in [5.74, 6) is 0.672. The summed E-state index contributed by atoms with van der Waals surface area (Å²) in [5.41, 5.74) is 10.4. The molecule has 0 bridgehead atoms. The third kappa shape index (κ3) is 3.88. The summed E-state index contributed by atoms with van der Waals surface area (Å²) in [6, 6.07) is 45.5. The lowest BCUT2D eigenvalue weighted by Gasteiger charge is -2.11. The van der Waals surface area contributed by atoms with Crippen molar-refractivity contribution in [2.75, 3.05) is 6.66 Å². The van der Waals surface area contributed by atoms with Gasteiger partial charge in [0.15, 0.2) is 11.5 Å². The first kappa shape index (κ1) is 24.7. The van der Waals surface area contributed by atoms with Crippen LogP contribution in [0.15, 0.2) is 140 Å². The monoisotopic (exact) mass is 559 g/mol. The van der Waals surface area contributed by atoms with Gasteiger partial charge in [0, 0.05) is 39.1 Å². The molecule has 5 heteroatoms. The van der Waals surface area contributed by atoms with Crippen LogP contribution in [-0.4, -0.2) is 21.3 Å². The zero-order valence-electron chi connectivity index (χ0n) is 23.0. The maximum absolute atomic E-state index is 13.8. The Morgan fingerprint density at radius 2 is 1.14 bits per heavy atom. The van der Waals surface area contributed by atoms with Gasteiger partial charge >= 0.3 is 0 Å². The van der Waals surface area contributed by atoms with E-state index in [1.165, 1.54) is 0 Å². The molecule has 3 heterocycles. The van der Waals surface area contributed by atoms with Gasteiger partial charge in [0.05, 0.1) is 0 Å². The summed E-state index contributed by atoms with van der Waals surface area (Å²) in [5, 5.41) is 6.82. The normalized spacial score (nSPS) is 15.5. The number of aromatic nitrogens is 3. The summed E-state index contributed by atoms with van der Waals surface area (Å²) in [6.07, 6.45) is 2.05. The average Bonchev–Trinajstić information content (AvgIpc) is 3.58. The van der Waals surface area contributed by atoms with E-state index in [0.29, 0.717) is 5.82 Å². The van der Waals surface area contributed by atoms with Crippen molar-refractivity contribution in [3.05, 3.63) is 140 Å². The molecule has 0 saturated carbocycles. The van der Waals surface area contributed by atoms with Gasteiger partial charge in [-0.25, -0.2) is 9.50 Å². The Bertz CT molecular complexity index is 2170. The highest BCUT2D eigenvalue weighted by Gasteiger charge is 2.35. The SMILES string of the molecule is CP1(=O)c2ccccc2-c2c(-c3ccc(-c4nc5c(-c6ccccc6)cc(-c6ccccc6)cn5n4)cc3)cccc21. The zero-order chi connectivity index (χ0) is 28.3. The molecule has 0 radical (unpaired) electrons. The Morgan fingerprint density at radius 1 is 0.548 bits per heavy atom. The van der Waals surface area contributed by atoms with Gasteiger partial charge in [-0.2, -0.15) is 0 Å². The first-order valence-electron chi connectivity index (χ1n) is 14.0. The number of pyridine rings is 1. The minimum atomic E-state index is -2.62. The number of nitrogens with zero attached hydrogens (tertiary/aromatic N) is 3. The smallest absolute Gasteiger partial charge is 0.182 e. The summed E-state index contributed by atoms with van der Waals surface area (Å²) in [4.78, 5) is 5.02. The summed E-state index contributed by atoms with van der Waals surface area (Å²) in [6.45, 7) is 1.88. The minimum absolute atomic E-state index is 0.672. The Balaban J connectivity index is 1.23. The van der Waals surface area contributed by atoms with Gasteiger partial charge in [-0.3, -0.25) is 0 Å². The van der Waals surface area contributed by atoms with Gasteiger partial charge in [-0.1, -0.05) is 127 Å². The van der Waals surface area contributed by atoms with Crippen LogP contribution in [-0.2, 0) is 4.57 Å². The number of rotatable bonds is 4. The van der Waals surface area contributed by atoms with Gasteiger partial charge in [0.1, 0.15) is 7.14 Å². The Hall–Kier alpha value is -5.05. The molecule has 5 aromatic carbocycles. The molecule has 7 aromatic rings. The zero-order valence-corrected chi connectivity index (χ0v) is 23.9. The molecule has 4 nitrogen and oxygen atoms in total. The lowest BCUT2D eigenvalue weighted by atomic mass is 9.94. The fraction of sp³-hybridized carbons (Fsp3) is 0.0270. The molecule has 200 valence electrons. The highest BCUT2D eigenvalue weighted by molar-refractivity contribution is 7.79. The average molecular weight is 560 g/mol. The Morgan fingerprint density at radius 3 is 1.90 bits per heavy atom. The second-order valence-electron chi connectivity index (χ2n) is 10.8. The molecule has 42 heavy (non-hydrogen) atoms. The van der Waals surface area contributed by atoms with Gasteiger partial charge in [0.25, 0.3) is 0 Å². The summed E-state index contributed by atoms with van der Waals surface area (Å²) >= 11 is 0. The predicted octanol–water partition coefficient (Wildman–Crippen LogP) is 8.32. The van der Waals surface area contributed by atoms with Crippen molar-refractivity contribution in [3.8, 4) is 55.9 Å². The second-order valence-corrected chi connectivity index (χ2v) is 13.6. The highest BCUT2D eigenvalue weighted by Crippen LogP contribution is 2.52. The van der Waals surface area contributed by atoms with E-state index < -0.39 is 7.14 Å². The van der Waals surface area contributed by atoms with E-state index >= 15 is 0 Å². The molecule has 2 aromatic heterocycles. The van der Waals surface area contributed by atoms with Gasteiger partial charge < -0.3 is 4.57 Å². The van der Waals surface area contributed by atoms with Crippen molar-refractivity contribution in [2.24, 2.45) is 0 Å². The Labute approximate surface area is 244 Å². The number of hydrogen-bond acceptors (Lipinski definition) is 3. The molecule has 0 spiro atoms. The van der Waals surface area contributed by atoms with Crippen LogP contribution >= 0.6 is 7.14 Å². The van der Waals surface area contributed by atoms with Crippen LogP contribution in [0.1, 0.15) is 0 Å². The summed E-state index contributed by atoms with van der Waals surface area (Å²) < 4.78 is 15.7. The third-order valence-electron chi connectivity index (χ3n) is 8.21. The van der Waals surface area contributed by atoms with E-state index in [2.05, 4.69) is 85.1 Å². The maximum Gasteiger partial charge on any atom is 0.182 e. The first-order chi connectivity index (χ1) is 20.6. The predicted molar refractivity (Wildman–Crippen MR) is 173 cm³/mol. The molecule has 1 aliphatic rings. The maximum atomic E-state index is 13.8. The summed E-state index contributed by atoms with van der Waals surface area (Å²) in [7, 11) is -2.62. The molecule has 1 atom stereocenters. The van der Waals surface area contributed by atoms with Crippen LogP contribution in [0, 0.1) is 0 Å². The first-order valence-corrected chi connectivity index (χ1v) is 16.2. The van der Waals surface area contributed by atoms with Crippen molar-refractivity contribution in [3.63, 3.8) is 0 Å². The van der Waals surface area contributed by atoms with Gasteiger partial charge in [-0.05, 0) is 40.5 Å². The fourth-order valence-corrected chi connectivity index (χ4v) is 8.45. The van der Waals surface area contributed by atoms with E-state index in [0.717, 1.165) is 66.3 Å². The fourth-order valence-electron chi connectivity index (χ4n) is 6.13. The second kappa shape index (κ2) is 9.51. The largest absolute Gasteiger partial charge is 0.314 e. The number of hydrogen-bond donors (Lipinski definition) is 0. The molecule has 0 N–H and O–H groups in total. The minimum Gasteiger partial charge on any atom is -0.314 e. The quantitative estimate of drug-likeness (QED) is 0.204. The van der Waals surface area contributed by atoms with Crippen molar-refractivity contribution in [1.29, 1.82) is 0 Å². The number of benzene rings is 5. The standard InChI is InChI=1S/C37H26N3OP/c1-42(41)33-17-9-8-15-31(33)35-30(16-10-18-34(35)42)27-19-21-28(22-20-27)36-38-37-32(26-13-6-3-7-14-26)23-29(24-40(37)39-36)25-11-4-2-5-12-25/h2-24H,1H3. The third-order valence-corrected chi connectivity index (χ3v) is 10.8. The molecule has 0 aliphatic carbocycles. The van der Waals surface area contributed by atoms with Crippen molar-refractivity contribution < 1.29 is 4.57 Å². The lowest BCUT2D eigenvalue weighted by molar-refractivity contribution is 0.591. The van der Waals surface area contributed by atoms with Crippen LogP contribution in [0.3, 0.4) is 0 Å². The van der Waals surface area contributed by atoms with Crippen LogP contribution in [0.4, 0.5) is 0 Å². The van der Waals surface area contributed by atoms with E-state index in [9.17, 15) is 4.57 Å². The van der Waals surface area contributed by atoms with Gasteiger partial charge in [0.2, 0.25) is 0 Å². The molecular weight excluding hydrogens is 533 g/mol. The molecule has 0 saturated heterocycles. The van der Waals surface area contributed by atoms with E-state index in [4.69, 9.17) is 10.1 Å². The van der Waals surface area contributed by atoms with Crippen LogP contribution < -0.4 is 10.6 Å². The lowest BCUT2D eigenvalue weighted by Crippen LogP contribution is -2.07. The van der Waals surface area contributed by atoms with E-state index in [1.807, 2.05) is 65.8 Å². The molecule has 1 aliphatic heterocycles. The molecule has 1 unspecified atom stereocenters. The van der Waals surface area contributed by atoms with Crippen LogP contribution in [0.5, 0.6) is 0 Å². The van der Waals surface area contributed by atoms with Crippen molar-refractivity contribution in [1.82, 2.24) is 14.6 Å². The number of fused-ring (bicyclic) bond motifs is 4. The Kier molecular flexibility index (Phi) is 5.60. The molecule has 8 rings (SSSR count). The molecular formula is C37H26N3OP. The highest BCUT2D eigenvalue weighted by atomic mass is 31.2. The van der Waals surface area contributed by atoms with Gasteiger partial charge in [-0.15, -0.1) is 5.10 Å². The van der Waals surface area contributed by atoms with Crippen LogP contribution in [0.25, 0.3) is 61.5 Å². The van der Waals surface area contributed by atoms with Crippen molar-refractivity contribution in [2.45, 2.75) is 0 Å². The molecule has 0 fully saturated rings. The molecule has 0 amide bonds. The topological polar surface area (TPSA) is 47.3 Å². The van der Waals surface area contributed by atoms with E-state index in [1.54, 1.807) is 0 Å².